The third-order valence-electron chi connectivity index (χ3n) is 4.26. The minimum Gasteiger partial charge on any atom is -0.481 e. The van der Waals surface area contributed by atoms with Crippen molar-refractivity contribution in [3.63, 3.8) is 0 Å². The van der Waals surface area contributed by atoms with E-state index < -0.39 is 0 Å². The Balaban J connectivity index is 1.84. The number of rotatable bonds is 5. The van der Waals surface area contributed by atoms with E-state index in [-0.39, 0.29) is 18.6 Å². The number of likely N-dealkylation sites (tertiary alicyclic amines) is 1. The molecule has 25 heavy (non-hydrogen) atoms. The lowest BCUT2D eigenvalue weighted by atomic mass is 10.1. The van der Waals surface area contributed by atoms with Crippen molar-refractivity contribution in [3.8, 4) is 5.88 Å². The molecule has 1 saturated heterocycles. The van der Waals surface area contributed by atoms with Gasteiger partial charge in [-0.3, -0.25) is 4.79 Å². The van der Waals surface area contributed by atoms with Gasteiger partial charge in [-0.05, 0) is 18.9 Å². The van der Waals surface area contributed by atoms with E-state index in [0.717, 1.165) is 25.7 Å². The molecule has 0 aliphatic carbocycles. The van der Waals surface area contributed by atoms with Gasteiger partial charge in [-0.15, -0.1) is 0 Å². The molecule has 3 heterocycles. The van der Waals surface area contributed by atoms with E-state index in [2.05, 4.69) is 15.1 Å². The molecule has 3 rings (SSSR count). The smallest absolute Gasteiger partial charge is 0.256 e. The Bertz CT molecular complexity index is 701. The summed E-state index contributed by atoms with van der Waals surface area (Å²) in [6.07, 6.45) is 5.39. The number of aromatic nitrogens is 3. The van der Waals surface area contributed by atoms with Gasteiger partial charge in [0.2, 0.25) is 5.88 Å². The van der Waals surface area contributed by atoms with E-state index in [0.29, 0.717) is 29.7 Å². The van der Waals surface area contributed by atoms with Crippen molar-refractivity contribution in [2.24, 2.45) is 0 Å². The maximum absolute atomic E-state index is 13.0. The molecular formula is C17H22N4O4. The number of hydrogen-bond donors (Lipinski definition) is 0. The van der Waals surface area contributed by atoms with Crippen molar-refractivity contribution in [1.82, 2.24) is 20.0 Å². The van der Waals surface area contributed by atoms with Crippen molar-refractivity contribution >= 4 is 5.91 Å². The summed E-state index contributed by atoms with van der Waals surface area (Å²) in [7, 11) is 3.12. The molecule has 1 aliphatic rings. The number of carbonyl (C=O) groups is 1. The quantitative estimate of drug-likeness (QED) is 0.821. The fourth-order valence-corrected chi connectivity index (χ4v) is 3.00. The lowest BCUT2D eigenvalue weighted by Gasteiger charge is -2.27. The monoisotopic (exact) mass is 346 g/mol. The Morgan fingerprint density at radius 3 is 2.92 bits per heavy atom. The first kappa shape index (κ1) is 17.3. The number of amides is 1. The SMILES string of the molecule is COCc1nc([C@@H]2CCCCCN2C(=O)c2ccc(OC)nc2)no1. The summed E-state index contributed by atoms with van der Waals surface area (Å²) in [6.45, 7) is 0.916. The lowest BCUT2D eigenvalue weighted by Crippen LogP contribution is -2.35. The molecular weight excluding hydrogens is 324 g/mol. The second-order valence-corrected chi connectivity index (χ2v) is 5.93. The van der Waals surface area contributed by atoms with E-state index in [4.69, 9.17) is 14.0 Å². The standard InChI is InChI=1S/C17H22N4O4/c1-23-11-15-19-16(20-25-15)13-6-4-3-5-9-21(13)17(22)12-7-8-14(24-2)18-10-12/h7-8,10,13H,3-6,9,11H2,1-2H3/t13-/m0/s1. The van der Waals surface area contributed by atoms with Crippen LogP contribution in [0.5, 0.6) is 5.88 Å². The molecule has 1 atom stereocenters. The zero-order valence-electron chi connectivity index (χ0n) is 14.5. The van der Waals surface area contributed by atoms with Crippen molar-refractivity contribution in [2.75, 3.05) is 20.8 Å². The Kier molecular flexibility index (Phi) is 5.60. The van der Waals surface area contributed by atoms with Gasteiger partial charge >= 0.3 is 0 Å². The number of pyridine rings is 1. The third kappa shape index (κ3) is 3.96. The molecule has 0 unspecified atom stereocenters. The van der Waals surface area contributed by atoms with Crippen LogP contribution < -0.4 is 4.74 Å². The van der Waals surface area contributed by atoms with Gasteiger partial charge in [0.05, 0.1) is 18.7 Å². The highest BCUT2D eigenvalue weighted by Crippen LogP contribution is 2.30. The minimum absolute atomic E-state index is 0.0832. The zero-order chi connectivity index (χ0) is 17.6. The Labute approximate surface area is 146 Å². The van der Waals surface area contributed by atoms with Crippen LogP contribution in [0.25, 0.3) is 0 Å². The third-order valence-corrected chi connectivity index (χ3v) is 4.26. The van der Waals surface area contributed by atoms with Gasteiger partial charge in [0, 0.05) is 25.9 Å². The molecule has 134 valence electrons. The van der Waals surface area contributed by atoms with Gasteiger partial charge in [0.25, 0.3) is 11.8 Å². The Hall–Kier alpha value is -2.48. The molecule has 1 fully saturated rings. The van der Waals surface area contributed by atoms with Crippen molar-refractivity contribution in [1.29, 1.82) is 0 Å². The molecule has 2 aromatic heterocycles. The largest absolute Gasteiger partial charge is 0.481 e. The number of ether oxygens (including phenoxy) is 2. The number of hydrogen-bond acceptors (Lipinski definition) is 7. The fraction of sp³-hybridized carbons (Fsp3) is 0.529. The number of nitrogens with zero attached hydrogens (tertiary/aromatic N) is 4. The van der Waals surface area contributed by atoms with Gasteiger partial charge in [0.1, 0.15) is 6.61 Å². The summed E-state index contributed by atoms with van der Waals surface area (Å²) in [5.41, 5.74) is 0.522. The fourth-order valence-electron chi connectivity index (χ4n) is 3.00. The minimum atomic E-state index is -0.202. The van der Waals surface area contributed by atoms with Crippen LogP contribution in [-0.4, -0.2) is 46.7 Å². The first-order chi connectivity index (χ1) is 12.2. The average Bonchev–Trinajstić information content (AvgIpc) is 2.97. The van der Waals surface area contributed by atoms with Gasteiger partial charge in [-0.2, -0.15) is 4.98 Å². The van der Waals surface area contributed by atoms with E-state index in [9.17, 15) is 4.79 Å². The lowest BCUT2D eigenvalue weighted by molar-refractivity contribution is 0.0670. The Morgan fingerprint density at radius 2 is 2.20 bits per heavy atom. The van der Waals surface area contributed by atoms with Crippen LogP contribution in [0.2, 0.25) is 0 Å². The van der Waals surface area contributed by atoms with E-state index in [1.807, 2.05) is 4.90 Å². The summed E-state index contributed by atoms with van der Waals surface area (Å²) < 4.78 is 15.3. The van der Waals surface area contributed by atoms with E-state index in [1.165, 1.54) is 6.20 Å². The van der Waals surface area contributed by atoms with Crippen LogP contribution in [0.3, 0.4) is 0 Å². The maximum Gasteiger partial charge on any atom is 0.256 e. The van der Waals surface area contributed by atoms with Crippen molar-refractivity contribution in [2.45, 2.75) is 38.3 Å². The molecule has 0 aromatic carbocycles. The first-order valence-corrected chi connectivity index (χ1v) is 8.35. The molecule has 8 heteroatoms. The van der Waals surface area contributed by atoms with E-state index >= 15 is 0 Å². The normalized spacial score (nSPS) is 18.0. The molecule has 0 saturated carbocycles. The molecule has 0 spiro atoms. The second kappa shape index (κ2) is 8.06. The van der Waals surface area contributed by atoms with Crippen LogP contribution in [-0.2, 0) is 11.3 Å². The zero-order valence-corrected chi connectivity index (χ0v) is 14.5. The highest BCUT2D eigenvalue weighted by Gasteiger charge is 2.31. The van der Waals surface area contributed by atoms with Gasteiger partial charge in [-0.25, -0.2) is 4.98 Å². The number of carbonyl (C=O) groups excluding carboxylic acids is 1. The maximum atomic E-state index is 13.0. The van der Waals surface area contributed by atoms with E-state index in [1.54, 1.807) is 26.4 Å². The summed E-state index contributed by atoms with van der Waals surface area (Å²) in [6, 6.07) is 3.21. The molecule has 1 amide bonds. The summed E-state index contributed by atoms with van der Waals surface area (Å²) in [4.78, 5) is 23.3. The molecule has 2 aromatic rings. The highest BCUT2D eigenvalue weighted by atomic mass is 16.5. The van der Waals surface area contributed by atoms with Gasteiger partial charge in [-0.1, -0.05) is 18.0 Å². The molecule has 1 aliphatic heterocycles. The highest BCUT2D eigenvalue weighted by molar-refractivity contribution is 5.94. The molecule has 0 bridgehead atoms. The molecule has 8 nitrogen and oxygen atoms in total. The van der Waals surface area contributed by atoms with Crippen molar-refractivity contribution < 1.29 is 18.8 Å². The summed E-state index contributed by atoms with van der Waals surface area (Å²) >= 11 is 0. The van der Waals surface area contributed by atoms with Crippen LogP contribution in [0, 0.1) is 0 Å². The molecule has 0 radical (unpaired) electrons. The number of methoxy groups -OCH3 is 2. The molecule has 0 N–H and O–H groups in total. The Morgan fingerprint density at radius 1 is 1.32 bits per heavy atom. The predicted octanol–water partition coefficient (Wildman–Crippen LogP) is 2.38. The topological polar surface area (TPSA) is 90.6 Å². The van der Waals surface area contributed by atoms with Crippen LogP contribution in [0.1, 0.15) is 53.8 Å². The van der Waals surface area contributed by atoms with Crippen LogP contribution in [0.4, 0.5) is 0 Å². The predicted molar refractivity (Wildman–Crippen MR) is 88.0 cm³/mol. The van der Waals surface area contributed by atoms with Crippen molar-refractivity contribution in [3.05, 3.63) is 35.6 Å². The average molecular weight is 346 g/mol. The van der Waals surface area contributed by atoms with Gasteiger partial charge < -0.3 is 18.9 Å². The van der Waals surface area contributed by atoms with Crippen LogP contribution in [0.15, 0.2) is 22.9 Å². The second-order valence-electron chi connectivity index (χ2n) is 5.93. The van der Waals surface area contributed by atoms with Gasteiger partial charge in [0.15, 0.2) is 5.82 Å². The van der Waals surface area contributed by atoms with Crippen LogP contribution >= 0.6 is 0 Å². The summed E-state index contributed by atoms with van der Waals surface area (Å²) in [5.74, 6) is 1.34. The summed E-state index contributed by atoms with van der Waals surface area (Å²) in [5, 5.41) is 4.06. The first-order valence-electron chi connectivity index (χ1n) is 8.35.